The Morgan fingerprint density at radius 2 is 1.88 bits per heavy atom. The quantitative estimate of drug-likeness (QED) is 0.691. The molecule has 5 atom stereocenters. The summed E-state index contributed by atoms with van der Waals surface area (Å²) < 4.78 is 5.03. The third-order valence-electron chi connectivity index (χ3n) is 6.68. The summed E-state index contributed by atoms with van der Waals surface area (Å²) in [5.74, 6) is 1.75. The Morgan fingerprint density at radius 1 is 1.16 bits per heavy atom. The van der Waals surface area contributed by atoms with Gasteiger partial charge in [-0.05, 0) is 56.0 Å². The van der Waals surface area contributed by atoms with Gasteiger partial charge in [-0.3, -0.25) is 9.69 Å². The van der Waals surface area contributed by atoms with E-state index in [0.29, 0.717) is 30.3 Å². The van der Waals surface area contributed by atoms with Crippen molar-refractivity contribution < 1.29 is 9.53 Å². The summed E-state index contributed by atoms with van der Waals surface area (Å²) in [4.78, 5) is 14.7. The van der Waals surface area contributed by atoms with Crippen molar-refractivity contribution in [3.05, 3.63) is 35.9 Å². The molecule has 0 spiro atoms. The zero-order chi connectivity index (χ0) is 17.8. The van der Waals surface area contributed by atoms with Crippen molar-refractivity contribution in [1.82, 2.24) is 4.90 Å². The Bertz CT molecular complexity index is 558. The van der Waals surface area contributed by atoms with E-state index in [0.717, 1.165) is 12.3 Å². The van der Waals surface area contributed by atoms with Crippen molar-refractivity contribution in [2.75, 3.05) is 14.2 Å². The van der Waals surface area contributed by atoms with Gasteiger partial charge in [0.25, 0.3) is 0 Å². The zero-order valence-corrected chi connectivity index (χ0v) is 16.0. The minimum atomic E-state index is -0.0491. The van der Waals surface area contributed by atoms with Gasteiger partial charge < -0.3 is 4.74 Å². The van der Waals surface area contributed by atoms with Gasteiger partial charge in [0.1, 0.15) is 0 Å². The molecule has 1 aromatic rings. The van der Waals surface area contributed by atoms with Crippen LogP contribution in [-0.4, -0.2) is 37.1 Å². The van der Waals surface area contributed by atoms with Crippen LogP contribution in [0.15, 0.2) is 30.3 Å². The number of rotatable bonds is 7. The first-order chi connectivity index (χ1) is 12.1. The molecule has 2 saturated heterocycles. The van der Waals surface area contributed by atoms with E-state index in [4.69, 9.17) is 4.74 Å². The van der Waals surface area contributed by atoms with Crippen molar-refractivity contribution in [3.63, 3.8) is 0 Å². The second kappa shape index (κ2) is 8.35. The number of carbonyl (C=O) groups excluding carboxylic acids is 1. The second-order valence-electron chi connectivity index (χ2n) is 8.07. The molecule has 3 nitrogen and oxygen atoms in total. The summed E-state index contributed by atoms with van der Waals surface area (Å²) in [6.45, 7) is 2.28. The van der Waals surface area contributed by atoms with Crippen molar-refractivity contribution in [1.29, 1.82) is 0 Å². The zero-order valence-electron chi connectivity index (χ0n) is 16.0. The third-order valence-corrected chi connectivity index (χ3v) is 6.68. The van der Waals surface area contributed by atoms with Crippen LogP contribution in [0.25, 0.3) is 0 Å². The van der Waals surface area contributed by atoms with Crippen LogP contribution in [0.4, 0.5) is 0 Å². The van der Waals surface area contributed by atoms with E-state index in [1.165, 1.54) is 44.8 Å². The van der Waals surface area contributed by atoms with E-state index in [1.807, 2.05) is 0 Å². The molecule has 0 amide bonds. The van der Waals surface area contributed by atoms with E-state index in [9.17, 15) is 4.79 Å². The Labute approximate surface area is 152 Å². The maximum Gasteiger partial charge on any atom is 0.305 e. The fourth-order valence-electron chi connectivity index (χ4n) is 5.35. The first kappa shape index (κ1) is 18.4. The lowest BCUT2D eigenvalue weighted by Gasteiger charge is -2.43. The van der Waals surface area contributed by atoms with Gasteiger partial charge in [0.05, 0.1) is 13.5 Å². The first-order valence-corrected chi connectivity index (χ1v) is 9.96. The van der Waals surface area contributed by atoms with Gasteiger partial charge in [0.15, 0.2) is 0 Å². The molecule has 2 aliphatic heterocycles. The van der Waals surface area contributed by atoms with E-state index in [-0.39, 0.29) is 5.97 Å². The van der Waals surface area contributed by atoms with Gasteiger partial charge in [0, 0.05) is 12.1 Å². The number of carbonyl (C=O) groups is 1. The molecule has 2 bridgehead atoms. The van der Waals surface area contributed by atoms with Gasteiger partial charge in [-0.15, -0.1) is 0 Å². The molecule has 2 unspecified atom stereocenters. The van der Waals surface area contributed by atoms with Crippen molar-refractivity contribution in [2.24, 2.45) is 17.8 Å². The molecule has 3 rings (SSSR count). The van der Waals surface area contributed by atoms with Crippen LogP contribution >= 0.6 is 0 Å². The van der Waals surface area contributed by atoms with Crippen LogP contribution in [0, 0.1) is 17.8 Å². The summed E-state index contributed by atoms with van der Waals surface area (Å²) in [5.41, 5.74) is 1.40. The Hall–Kier alpha value is -1.35. The molecule has 1 aromatic carbocycles. The van der Waals surface area contributed by atoms with Crippen LogP contribution < -0.4 is 0 Å². The third kappa shape index (κ3) is 4.08. The summed E-state index contributed by atoms with van der Waals surface area (Å²) >= 11 is 0. The van der Waals surface area contributed by atoms with Crippen molar-refractivity contribution >= 4 is 5.97 Å². The van der Waals surface area contributed by atoms with Gasteiger partial charge in [-0.1, -0.05) is 50.1 Å². The fourth-order valence-corrected chi connectivity index (χ4v) is 5.35. The summed E-state index contributed by atoms with van der Waals surface area (Å²) in [6, 6.07) is 12.0. The van der Waals surface area contributed by atoms with E-state index in [1.54, 1.807) is 0 Å². The number of fused-ring (bicyclic) bond motifs is 2. The monoisotopic (exact) mass is 343 g/mol. The molecule has 138 valence electrons. The molecule has 0 N–H and O–H groups in total. The topological polar surface area (TPSA) is 29.5 Å². The highest BCUT2D eigenvalue weighted by Crippen LogP contribution is 2.48. The van der Waals surface area contributed by atoms with E-state index >= 15 is 0 Å². The van der Waals surface area contributed by atoms with Crippen LogP contribution in [0.2, 0.25) is 0 Å². The highest BCUT2D eigenvalue weighted by atomic mass is 16.5. The number of piperidine rings is 1. The number of ether oxygens (including phenoxy) is 1. The molecule has 2 fully saturated rings. The number of methoxy groups -OCH3 is 1. The molecule has 0 aromatic heterocycles. The smallest absolute Gasteiger partial charge is 0.305 e. The lowest BCUT2D eigenvalue weighted by molar-refractivity contribution is -0.143. The SMILES string of the molecule is CCCC[C@@H]1CC2[C@@H](CC(=O)OC)[C@@H](Cc3ccccc3)CC1N2C. The molecular formula is C22H33NO2. The van der Waals surface area contributed by atoms with Gasteiger partial charge in [-0.2, -0.15) is 0 Å². The highest BCUT2D eigenvalue weighted by Gasteiger charge is 2.50. The molecule has 3 heteroatoms. The predicted molar refractivity (Wildman–Crippen MR) is 101 cm³/mol. The van der Waals surface area contributed by atoms with Crippen LogP contribution in [0.3, 0.4) is 0 Å². The lowest BCUT2D eigenvalue weighted by atomic mass is 9.75. The second-order valence-corrected chi connectivity index (χ2v) is 8.07. The number of benzene rings is 1. The predicted octanol–water partition coefficient (Wildman–Crippen LogP) is 4.31. The number of hydrogen-bond donors (Lipinski definition) is 0. The molecule has 0 saturated carbocycles. The van der Waals surface area contributed by atoms with Gasteiger partial charge >= 0.3 is 5.97 Å². The largest absolute Gasteiger partial charge is 0.469 e. The number of hydrogen-bond acceptors (Lipinski definition) is 3. The summed E-state index contributed by atoms with van der Waals surface area (Å²) in [5, 5.41) is 0. The van der Waals surface area contributed by atoms with Crippen LogP contribution in [0.1, 0.15) is 51.0 Å². The minimum absolute atomic E-state index is 0.0491. The van der Waals surface area contributed by atoms with Gasteiger partial charge in [0.2, 0.25) is 0 Å². The lowest BCUT2D eigenvalue weighted by Crippen LogP contribution is -2.48. The summed E-state index contributed by atoms with van der Waals surface area (Å²) in [6.07, 6.45) is 8.07. The normalized spacial score (nSPS) is 31.9. The number of esters is 1. The van der Waals surface area contributed by atoms with Crippen molar-refractivity contribution in [3.8, 4) is 0 Å². The molecule has 25 heavy (non-hydrogen) atoms. The fraction of sp³-hybridized carbons (Fsp3) is 0.682. The maximum absolute atomic E-state index is 12.1. The number of nitrogens with zero attached hydrogens (tertiary/aromatic N) is 1. The Balaban J connectivity index is 1.78. The average molecular weight is 344 g/mol. The molecule has 0 aliphatic carbocycles. The van der Waals surface area contributed by atoms with E-state index < -0.39 is 0 Å². The molecule has 2 heterocycles. The van der Waals surface area contributed by atoms with Crippen LogP contribution in [-0.2, 0) is 16.0 Å². The van der Waals surface area contributed by atoms with Crippen LogP contribution in [0.5, 0.6) is 0 Å². The number of unbranched alkanes of at least 4 members (excludes halogenated alkanes) is 1. The molecule has 2 aliphatic rings. The minimum Gasteiger partial charge on any atom is -0.469 e. The van der Waals surface area contributed by atoms with Gasteiger partial charge in [-0.25, -0.2) is 0 Å². The molecule has 0 radical (unpaired) electrons. The van der Waals surface area contributed by atoms with Crippen molar-refractivity contribution in [2.45, 2.75) is 64.0 Å². The Morgan fingerprint density at radius 3 is 2.56 bits per heavy atom. The molecular weight excluding hydrogens is 310 g/mol. The van der Waals surface area contributed by atoms with E-state index in [2.05, 4.69) is 49.2 Å². The maximum atomic E-state index is 12.1. The average Bonchev–Trinajstić information content (AvgIpc) is 2.84. The standard InChI is InChI=1S/C22H33NO2/c1-4-5-11-17-13-21-19(15-22(24)25-3)18(14-20(17)23(21)2)12-16-9-7-6-8-10-16/h6-10,17-21H,4-5,11-15H2,1-3H3/t17-,18+,19+,20?,21?/m1/s1. The summed E-state index contributed by atoms with van der Waals surface area (Å²) in [7, 11) is 3.80. The highest BCUT2D eigenvalue weighted by molar-refractivity contribution is 5.69. The first-order valence-electron chi connectivity index (χ1n) is 9.96. The Kier molecular flexibility index (Phi) is 6.16.